The van der Waals surface area contributed by atoms with Crippen LogP contribution in [-0.2, 0) is 4.74 Å². The summed E-state index contributed by atoms with van der Waals surface area (Å²) in [6.45, 7) is 12.4. The van der Waals surface area contributed by atoms with Gasteiger partial charge in [-0.05, 0) is 18.3 Å². The Morgan fingerprint density at radius 2 is 1.81 bits per heavy atom. The Morgan fingerprint density at radius 1 is 1.14 bits per heavy atom. The van der Waals surface area contributed by atoms with E-state index in [2.05, 4.69) is 55.2 Å². The standard InChI is InChI=1S/C16H30N4O/c1-7-8-17-15-14(12(4)5)16(19-10-18-15)20-13(9-21-6)11(2)3/h10-13H,7-9H2,1-6H3,(H2,17,18,19,20). The van der Waals surface area contributed by atoms with Crippen molar-refractivity contribution in [2.45, 2.75) is 53.0 Å². The van der Waals surface area contributed by atoms with Crippen LogP contribution >= 0.6 is 0 Å². The summed E-state index contributed by atoms with van der Waals surface area (Å²) in [4.78, 5) is 8.86. The van der Waals surface area contributed by atoms with Gasteiger partial charge in [0.1, 0.15) is 18.0 Å². The van der Waals surface area contributed by atoms with Crippen LogP contribution in [0.2, 0.25) is 0 Å². The second kappa shape index (κ2) is 8.82. The molecule has 0 saturated carbocycles. The third-order valence-electron chi connectivity index (χ3n) is 3.48. The average Bonchev–Trinajstić information content (AvgIpc) is 2.44. The molecule has 1 heterocycles. The van der Waals surface area contributed by atoms with Gasteiger partial charge in [-0.15, -0.1) is 0 Å². The highest BCUT2D eigenvalue weighted by atomic mass is 16.5. The molecule has 1 atom stereocenters. The van der Waals surface area contributed by atoms with Gasteiger partial charge in [-0.2, -0.15) is 0 Å². The monoisotopic (exact) mass is 294 g/mol. The summed E-state index contributed by atoms with van der Waals surface area (Å²) < 4.78 is 5.31. The molecule has 2 N–H and O–H groups in total. The number of rotatable bonds is 9. The predicted octanol–water partition coefficient (Wildman–Crippen LogP) is 3.50. The van der Waals surface area contributed by atoms with E-state index in [-0.39, 0.29) is 6.04 Å². The van der Waals surface area contributed by atoms with Crippen molar-refractivity contribution in [2.75, 3.05) is 30.9 Å². The number of nitrogens with one attached hydrogen (secondary N) is 2. The molecule has 0 aliphatic heterocycles. The molecule has 1 unspecified atom stereocenters. The Kier molecular flexibility index (Phi) is 7.43. The first-order chi connectivity index (χ1) is 10.0. The van der Waals surface area contributed by atoms with Crippen molar-refractivity contribution in [3.8, 4) is 0 Å². The van der Waals surface area contributed by atoms with E-state index in [0.717, 1.165) is 30.2 Å². The minimum atomic E-state index is 0.237. The summed E-state index contributed by atoms with van der Waals surface area (Å²) in [5.74, 6) is 2.66. The maximum absolute atomic E-state index is 5.31. The van der Waals surface area contributed by atoms with Gasteiger partial charge in [0.25, 0.3) is 0 Å². The summed E-state index contributed by atoms with van der Waals surface area (Å²) in [6, 6.07) is 0.237. The molecule has 0 aliphatic carbocycles. The molecule has 0 bridgehead atoms. The number of anilines is 2. The molecule has 0 saturated heterocycles. The lowest BCUT2D eigenvalue weighted by Crippen LogP contribution is -2.31. The topological polar surface area (TPSA) is 59.1 Å². The first-order valence-electron chi connectivity index (χ1n) is 7.85. The zero-order valence-corrected chi connectivity index (χ0v) is 14.2. The molecule has 0 fully saturated rings. The van der Waals surface area contributed by atoms with E-state index in [0.29, 0.717) is 18.4 Å². The van der Waals surface area contributed by atoms with Gasteiger partial charge in [0.2, 0.25) is 0 Å². The number of hydrogen-bond acceptors (Lipinski definition) is 5. The Labute approximate surface area is 128 Å². The molecule has 0 spiro atoms. The van der Waals surface area contributed by atoms with Crippen LogP contribution in [-0.4, -0.2) is 36.3 Å². The predicted molar refractivity (Wildman–Crippen MR) is 89.0 cm³/mol. The molecule has 1 aromatic heterocycles. The van der Waals surface area contributed by atoms with E-state index in [9.17, 15) is 0 Å². The van der Waals surface area contributed by atoms with Gasteiger partial charge in [0.15, 0.2) is 0 Å². The highest BCUT2D eigenvalue weighted by molar-refractivity contribution is 5.59. The molecule has 120 valence electrons. The zero-order valence-electron chi connectivity index (χ0n) is 14.2. The van der Waals surface area contributed by atoms with E-state index in [1.54, 1.807) is 13.4 Å². The van der Waals surface area contributed by atoms with Gasteiger partial charge in [-0.3, -0.25) is 0 Å². The van der Waals surface area contributed by atoms with Crippen LogP contribution in [0.5, 0.6) is 0 Å². The van der Waals surface area contributed by atoms with E-state index in [1.807, 2.05) is 0 Å². The van der Waals surface area contributed by atoms with Crippen LogP contribution in [0.3, 0.4) is 0 Å². The molecule has 0 radical (unpaired) electrons. The third-order valence-corrected chi connectivity index (χ3v) is 3.48. The quantitative estimate of drug-likeness (QED) is 0.730. The molecule has 0 aliphatic rings. The molecule has 5 nitrogen and oxygen atoms in total. The van der Waals surface area contributed by atoms with Gasteiger partial charge < -0.3 is 15.4 Å². The van der Waals surface area contributed by atoms with E-state index in [4.69, 9.17) is 4.74 Å². The fourth-order valence-electron chi connectivity index (χ4n) is 2.20. The first-order valence-corrected chi connectivity index (χ1v) is 7.85. The smallest absolute Gasteiger partial charge is 0.135 e. The van der Waals surface area contributed by atoms with Crippen molar-refractivity contribution in [3.05, 3.63) is 11.9 Å². The van der Waals surface area contributed by atoms with Crippen LogP contribution < -0.4 is 10.6 Å². The lowest BCUT2D eigenvalue weighted by Gasteiger charge is -2.25. The summed E-state index contributed by atoms with van der Waals surface area (Å²) in [6.07, 6.45) is 2.69. The van der Waals surface area contributed by atoms with E-state index < -0.39 is 0 Å². The summed E-state index contributed by atoms with van der Waals surface area (Å²) in [7, 11) is 1.73. The van der Waals surface area contributed by atoms with Gasteiger partial charge in [0.05, 0.1) is 12.6 Å². The van der Waals surface area contributed by atoms with Gasteiger partial charge in [0, 0.05) is 19.2 Å². The first kappa shape index (κ1) is 17.7. The fraction of sp³-hybridized carbons (Fsp3) is 0.750. The van der Waals surface area contributed by atoms with Crippen molar-refractivity contribution in [2.24, 2.45) is 5.92 Å². The Bertz CT molecular complexity index is 421. The molecule has 1 aromatic rings. The maximum atomic E-state index is 5.31. The fourth-order valence-corrected chi connectivity index (χ4v) is 2.20. The highest BCUT2D eigenvalue weighted by Crippen LogP contribution is 2.29. The highest BCUT2D eigenvalue weighted by Gasteiger charge is 2.19. The largest absolute Gasteiger partial charge is 0.383 e. The molecule has 1 rings (SSSR count). The van der Waals surface area contributed by atoms with Gasteiger partial charge >= 0.3 is 0 Å². The second-order valence-corrected chi connectivity index (χ2v) is 6.02. The number of hydrogen-bond donors (Lipinski definition) is 2. The Morgan fingerprint density at radius 3 is 2.33 bits per heavy atom. The van der Waals surface area contributed by atoms with E-state index in [1.165, 1.54) is 0 Å². The third kappa shape index (κ3) is 5.16. The number of ether oxygens (including phenoxy) is 1. The van der Waals surface area contributed by atoms with Crippen LogP contribution in [0.25, 0.3) is 0 Å². The summed E-state index contributed by atoms with van der Waals surface area (Å²) in [5, 5.41) is 6.93. The molecule has 5 heteroatoms. The number of nitrogens with zero attached hydrogens (tertiary/aromatic N) is 2. The summed E-state index contributed by atoms with van der Waals surface area (Å²) >= 11 is 0. The van der Waals surface area contributed by atoms with Crippen LogP contribution in [0.1, 0.15) is 52.5 Å². The van der Waals surface area contributed by atoms with Crippen molar-refractivity contribution >= 4 is 11.6 Å². The number of aromatic nitrogens is 2. The molecular formula is C16H30N4O. The second-order valence-electron chi connectivity index (χ2n) is 6.02. The lowest BCUT2D eigenvalue weighted by atomic mass is 10.0. The Balaban J connectivity index is 3.04. The number of methoxy groups -OCH3 is 1. The normalized spacial score (nSPS) is 12.8. The zero-order chi connectivity index (χ0) is 15.8. The average molecular weight is 294 g/mol. The minimum absolute atomic E-state index is 0.237. The molecule has 21 heavy (non-hydrogen) atoms. The molecule has 0 amide bonds. The van der Waals surface area contributed by atoms with Crippen molar-refractivity contribution < 1.29 is 4.74 Å². The Hall–Kier alpha value is -1.36. The van der Waals surface area contributed by atoms with Crippen molar-refractivity contribution in [1.82, 2.24) is 9.97 Å². The lowest BCUT2D eigenvalue weighted by molar-refractivity contribution is 0.171. The van der Waals surface area contributed by atoms with Gasteiger partial charge in [-0.1, -0.05) is 34.6 Å². The molecular weight excluding hydrogens is 264 g/mol. The van der Waals surface area contributed by atoms with Crippen LogP contribution in [0.4, 0.5) is 11.6 Å². The molecule has 0 aromatic carbocycles. The van der Waals surface area contributed by atoms with Crippen LogP contribution in [0, 0.1) is 5.92 Å². The summed E-state index contributed by atoms with van der Waals surface area (Å²) in [5.41, 5.74) is 1.15. The van der Waals surface area contributed by atoms with E-state index >= 15 is 0 Å². The van der Waals surface area contributed by atoms with Crippen molar-refractivity contribution in [3.63, 3.8) is 0 Å². The van der Waals surface area contributed by atoms with Crippen LogP contribution in [0.15, 0.2) is 6.33 Å². The van der Waals surface area contributed by atoms with Gasteiger partial charge in [-0.25, -0.2) is 9.97 Å². The minimum Gasteiger partial charge on any atom is -0.383 e. The maximum Gasteiger partial charge on any atom is 0.135 e. The SMILES string of the molecule is CCCNc1ncnc(NC(COC)C(C)C)c1C(C)C. The van der Waals surface area contributed by atoms with Crippen molar-refractivity contribution in [1.29, 1.82) is 0 Å².